The lowest BCUT2D eigenvalue weighted by Gasteiger charge is -2.26. The second kappa shape index (κ2) is 7.80. The maximum absolute atomic E-state index is 14.2. The van der Waals surface area contributed by atoms with Crippen molar-refractivity contribution in [3.8, 4) is 0 Å². The predicted molar refractivity (Wildman–Crippen MR) is 101 cm³/mol. The van der Waals surface area contributed by atoms with E-state index in [-0.39, 0.29) is 23.3 Å². The summed E-state index contributed by atoms with van der Waals surface area (Å²) in [6.45, 7) is 1.87. The Morgan fingerprint density at radius 2 is 1.85 bits per heavy atom. The van der Waals surface area contributed by atoms with Gasteiger partial charge >= 0.3 is 0 Å². The van der Waals surface area contributed by atoms with Gasteiger partial charge in [0.2, 0.25) is 0 Å². The maximum Gasteiger partial charge on any atom is 0.283 e. The van der Waals surface area contributed by atoms with Crippen LogP contribution in [0.1, 0.15) is 25.2 Å². The van der Waals surface area contributed by atoms with Crippen molar-refractivity contribution in [3.63, 3.8) is 0 Å². The van der Waals surface area contributed by atoms with Crippen LogP contribution in [0.25, 0.3) is 10.9 Å². The normalized spacial score (nSPS) is 11.9. The molecule has 2 N–H and O–H groups in total. The molecule has 0 amide bonds. The fourth-order valence-corrected chi connectivity index (χ4v) is 2.68. The Hall–Kier alpha value is -2.51. The Morgan fingerprint density at radius 3 is 2.46 bits per heavy atom. The molecule has 0 fully saturated rings. The van der Waals surface area contributed by atoms with Crippen LogP contribution in [0.15, 0.2) is 47.3 Å². The number of benzene rings is 2. The van der Waals surface area contributed by atoms with E-state index in [1.54, 1.807) is 13.1 Å². The van der Waals surface area contributed by atoms with Crippen LogP contribution in [0, 0.1) is 11.6 Å². The van der Waals surface area contributed by atoms with E-state index in [0.717, 1.165) is 0 Å². The van der Waals surface area contributed by atoms with Crippen LogP contribution in [0.5, 0.6) is 0 Å². The second-order valence-corrected chi connectivity index (χ2v) is 5.74. The second-order valence-electron chi connectivity index (χ2n) is 5.74. The van der Waals surface area contributed by atoms with Gasteiger partial charge < -0.3 is 5.73 Å². The summed E-state index contributed by atoms with van der Waals surface area (Å²) in [5, 5.41) is 1.38. The third-order valence-corrected chi connectivity index (χ3v) is 4.12. The van der Waals surface area contributed by atoms with E-state index in [1.807, 2.05) is 6.92 Å². The molecule has 0 unspecified atom stereocenters. The first kappa shape index (κ1) is 19.8. The van der Waals surface area contributed by atoms with Crippen LogP contribution in [0.4, 0.5) is 14.5 Å². The van der Waals surface area contributed by atoms with Gasteiger partial charge in [0, 0.05) is 7.05 Å². The van der Waals surface area contributed by atoms with E-state index in [4.69, 9.17) is 5.73 Å². The molecule has 1 atom stereocenters. The average molecular weight is 381 g/mol. The Balaban J connectivity index is 0.00000243. The Labute approximate surface area is 155 Å². The van der Waals surface area contributed by atoms with E-state index in [9.17, 15) is 13.6 Å². The summed E-state index contributed by atoms with van der Waals surface area (Å²) in [6.07, 6.45) is 0.546. The molecule has 5 nitrogen and oxygen atoms in total. The summed E-state index contributed by atoms with van der Waals surface area (Å²) in [6, 6.07) is 9.39. The van der Waals surface area contributed by atoms with Gasteiger partial charge in [-0.15, -0.1) is 12.4 Å². The Morgan fingerprint density at radius 1 is 1.19 bits per heavy atom. The van der Waals surface area contributed by atoms with Crippen LogP contribution in [-0.2, 0) is 0 Å². The minimum atomic E-state index is -0.645. The monoisotopic (exact) mass is 380 g/mol. The highest BCUT2D eigenvalue weighted by Crippen LogP contribution is 2.20. The zero-order valence-electron chi connectivity index (χ0n) is 14.3. The number of nitrogens with two attached hydrogens (primary N) is 1. The Kier molecular flexibility index (Phi) is 5.94. The van der Waals surface area contributed by atoms with Gasteiger partial charge in [-0.2, -0.15) is 0 Å². The molecule has 3 aromatic rings. The smallest absolute Gasteiger partial charge is 0.283 e. The highest BCUT2D eigenvalue weighted by Gasteiger charge is 2.21. The van der Waals surface area contributed by atoms with Crippen molar-refractivity contribution in [2.75, 3.05) is 12.1 Å². The van der Waals surface area contributed by atoms with Gasteiger partial charge in [0.25, 0.3) is 5.56 Å². The van der Waals surface area contributed by atoms with Crippen LogP contribution >= 0.6 is 12.4 Å². The molecule has 1 heterocycles. The van der Waals surface area contributed by atoms with Gasteiger partial charge in [-0.1, -0.05) is 13.0 Å². The minimum Gasteiger partial charge on any atom is -0.321 e. The molecule has 0 aliphatic rings. The minimum absolute atomic E-state index is 0. The van der Waals surface area contributed by atoms with Gasteiger partial charge in [0.15, 0.2) is 0 Å². The number of anilines is 1. The number of nitrogens with zero attached hydrogens (tertiary/aromatic N) is 3. The van der Waals surface area contributed by atoms with E-state index >= 15 is 0 Å². The van der Waals surface area contributed by atoms with Crippen LogP contribution in [-0.4, -0.2) is 16.7 Å². The standard InChI is InChI=1S/C18H18F2N4O.ClH/c1-3-14(21)17-22-15-6-4-5-13(20)16(15)18(25)24(17)23(2)12-9-7-11(19)8-10-12;/h4-10,14H,3,21H2,1-2H3;1H/t14-;/m0./s1. The van der Waals surface area contributed by atoms with Gasteiger partial charge in [0.05, 0.1) is 17.2 Å². The molecular weight excluding hydrogens is 362 g/mol. The van der Waals surface area contributed by atoms with Crippen LogP contribution in [0.3, 0.4) is 0 Å². The molecule has 0 aliphatic carbocycles. The molecule has 0 aliphatic heterocycles. The summed E-state index contributed by atoms with van der Waals surface area (Å²) in [7, 11) is 1.62. The molecule has 2 aromatic carbocycles. The van der Waals surface area contributed by atoms with Crippen molar-refractivity contribution in [1.82, 2.24) is 9.66 Å². The van der Waals surface area contributed by atoms with E-state index in [1.165, 1.54) is 46.1 Å². The third kappa shape index (κ3) is 3.40. The van der Waals surface area contributed by atoms with Crippen molar-refractivity contribution in [2.24, 2.45) is 5.73 Å². The molecule has 26 heavy (non-hydrogen) atoms. The van der Waals surface area contributed by atoms with E-state index in [0.29, 0.717) is 17.9 Å². The van der Waals surface area contributed by atoms with Crippen molar-refractivity contribution in [3.05, 3.63) is 70.3 Å². The fraction of sp³-hybridized carbons (Fsp3) is 0.222. The predicted octanol–water partition coefficient (Wildman–Crippen LogP) is 3.41. The van der Waals surface area contributed by atoms with Crippen molar-refractivity contribution < 1.29 is 8.78 Å². The van der Waals surface area contributed by atoms with Gasteiger partial charge in [-0.05, 0) is 42.8 Å². The average Bonchev–Trinajstić information content (AvgIpc) is 2.60. The van der Waals surface area contributed by atoms with Crippen molar-refractivity contribution in [2.45, 2.75) is 19.4 Å². The molecule has 0 bridgehead atoms. The molecule has 0 saturated carbocycles. The van der Waals surface area contributed by atoms with Crippen LogP contribution < -0.4 is 16.3 Å². The molecule has 1 aromatic heterocycles. The number of halogens is 3. The quantitative estimate of drug-likeness (QED) is 0.753. The first-order valence-corrected chi connectivity index (χ1v) is 7.90. The molecule has 0 spiro atoms. The molecule has 138 valence electrons. The van der Waals surface area contributed by atoms with E-state index < -0.39 is 23.2 Å². The zero-order chi connectivity index (χ0) is 18.1. The number of hydrogen-bond donors (Lipinski definition) is 1. The number of aromatic nitrogens is 2. The lowest BCUT2D eigenvalue weighted by molar-refractivity contribution is 0.567. The van der Waals surface area contributed by atoms with Crippen molar-refractivity contribution >= 4 is 29.0 Å². The number of fused-ring (bicyclic) bond motifs is 1. The highest BCUT2D eigenvalue weighted by atomic mass is 35.5. The molecular formula is C18H19ClF2N4O. The summed E-state index contributed by atoms with van der Waals surface area (Å²) < 4.78 is 28.6. The lowest BCUT2D eigenvalue weighted by atomic mass is 10.2. The number of rotatable bonds is 4. The van der Waals surface area contributed by atoms with Gasteiger partial charge in [0.1, 0.15) is 22.8 Å². The van der Waals surface area contributed by atoms with Crippen LogP contribution in [0.2, 0.25) is 0 Å². The summed E-state index contributed by atoms with van der Waals surface area (Å²) in [5.74, 6) is -0.719. The highest BCUT2D eigenvalue weighted by molar-refractivity contribution is 5.85. The summed E-state index contributed by atoms with van der Waals surface area (Å²) >= 11 is 0. The third-order valence-electron chi connectivity index (χ3n) is 4.12. The largest absolute Gasteiger partial charge is 0.321 e. The Bertz CT molecular complexity index is 975. The van der Waals surface area contributed by atoms with Gasteiger partial charge in [-0.25, -0.2) is 18.4 Å². The molecule has 3 rings (SSSR count). The summed E-state index contributed by atoms with van der Waals surface area (Å²) in [4.78, 5) is 17.4. The maximum atomic E-state index is 14.2. The van der Waals surface area contributed by atoms with E-state index in [2.05, 4.69) is 4.98 Å². The lowest BCUT2D eigenvalue weighted by Crippen LogP contribution is -2.41. The number of hydrogen-bond acceptors (Lipinski definition) is 4. The molecule has 0 radical (unpaired) electrons. The summed E-state index contributed by atoms with van der Waals surface area (Å²) in [5.41, 5.74) is 6.37. The molecule has 8 heteroatoms. The first-order chi connectivity index (χ1) is 11.9. The zero-order valence-corrected chi connectivity index (χ0v) is 15.1. The SMILES string of the molecule is CC[C@H](N)c1nc2cccc(F)c2c(=O)n1N(C)c1ccc(F)cc1.Cl. The first-order valence-electron chi connectivity index (χ1n) is 7.90. The molecule has 0 saturated heterocycles. The topological polar surface area (TPSA) is 64.1 Å². The van der Waals surface area contributed by atoms with Gasteiger partial charge in [-0.3, -0.25) is 9.80 Å². The fourth-order valence-electron chi connectivity index (χ4n) is 2.68. The van der Waals surface area contributed by atoms with Crippen molar-refractivity contribution in [1.29, 1.82) is 0 Å².